The van der Waals surface area contributed by atoms with Gasteiger partial charge < -0.3 is 9.88 Å². The largest absolute Gasteiger partial charge is 0.350 e. The van der Waals surface area contributed by atoms with Gasteiger partial charge in [0, 0.05) is 18.9 Å². The van der Waals surface area contributed by atoms with Crippen LogP contribution in [0.5, 0.6) is 0 Å². The van der Waals surface area contributed by atoms with Crippen molar-refractivity contribution in [3.8, 4) is 5.69 Å². The molecule has 0 aliphatic rings. The van der Waals surface area contributed by atoms with Gasteiger partial charge in [-0.3, -0.25) is 4.79 Å². The number of imidazole rings is 1. The molecule has 0 saturated heterocycles. The van der Waals surface area contributed by atoms with Gasteiger partial charge in [0.2, 0.25) is 5.91 Å². The summed E-state index contributed by atoms with van der Waals surface area (Å²) >= 11 is 0. The van der Waals surface area contributed by atoms with Crippen LogP contribution in [-0.4, -0.2) is 25.2 Å². The average molecular weight is 345 g/mol. The highest BCUT2D eigenvalue weighted by atomic mass is 16.2. The van der Waals surface area contributed by atoms with Gasteiger partial charge in [-0.05, 0) is 42.8 Å². The molecule has 1 atom stereocenters. The zero-order valence-electron chi connectivity index (χ0n) is 14.4. The van der Waals surface area contributed by atoms with E-state index in [0.29, 0.717) is 6.54 Å². The first-order valence-corrected chi connectivity index (χ1v) is 8.50. The van der Waals surface area contributed by atoms with Gasteiger partial charge in [0.05, 0.1) is 23.0 Å². The number of nitrogens with zero attached hydrogens (tertiary/aromatic N) is 4. The predicted molar refractivity (Wildman–Crippen MR) is 99.9 cm³/mol. The molecule has 2 aromatic carbocycles. The van der Waals surface area contributed by atoms with Crippen LogP contribution in [-0.2, 0) is 11.3 Å². The van der Waals surface area contributed by atoms with Crippen LogP contribution < -0.4 is 5.32 Å². The van der Waals surface area contributed by atoms with Crippen molar-refractivity contribution in [3.05, 3.63) is 78.9 Å². The molecule has 0 bridgehead atoms. The fraction of sp³-hybridized carbons (Fsp3) is 0.150. The van der Waals surface area contributed by atoms with Crippen molar-refractivity contribution in [1.29, 1.82) is 0 Å². The van der Waals surface area contributed by atoms with Gasteiger partial charge in [-0.25, -0.2) is 9.67 Å². The fourth-order valence-corrected chi connectivity index (χ4v) is 2.94. The molecule has 0 radical (unpaired) electrons. The molecule has 6 heteroatoms. The van der Waals surface area contributed by atoms with Crippen molar-refractivity contribution >= 4 is 16.9 Å². The maximum absolute atomic E-state index is 12.5. The average Bonchev–Trinajstić information content (AvgIpc) is 3.36. The minimum absolute atomic E-state index is 0.0377. The van der Waals surface area contributed by atoms with Gasteiger partial charge in [0.25, 0.3) is 0 Å². The highest BCUT2D eigenvalue weighted by Gasteiger charge is 2.16. The third-order valence-electron chi connectivity index (χ3n) is 4.45. The summed E-state index contributed by atoms with van der Waals surface area (Å²) in [7, 11) is 0. The summed E-state index contributed by atoms with van der Waals surface area (Å²) in [6, 6.07) is 17.3. The van der Waals surface area contributed by atoms with E-state index in [-0.39, 0.29) is 11.9 Å². The Hall–Kier alpha value is -3.41. The van der Waals surface area contributed by atoms with Gasteiger partial charge in [-0.1, -0.05) is 24.3 Å². The molecule has 2 aromatic heterocycles. The Morgan fingerprint density at radius 1 is 1.12 bits per heavy atom. The maximum atomic E-state index is 12.5. The minimum Gasteiger partial charge on any atom is -0.350 e. The Kier molecular flexibility index (Phi) is 4.23. The summed E-state index contributed by atoms with van der Waals surface area (Å²) in [5.41, 5.74) is 3.88. The smallest absolute Gasteiger partial charge is 0.243 e. The van der Waals surface area contributed by atoms with E-state index in [0.717, 1.165) is 22.3 Å². The van der Waals surface area contributed by atoms with Crippen LogP contribution in [0.2, 0.25) is 0 Å². The normalized spacial score (nSPS) is 12.2. The molecule has 0 spiro atoms. The number of fused-ring (bicyclic) bond motifs is 1. The molecule has 4 aromatic rings. The van der Waals surface area contributed by atoms with Crippen LogP contribution >= 0.6 is 0 Å². The summed E-state index contributed by atoms with van der Waals surface area (Å²) in [6.07, 6.45) is 5.36. The molecule has 1 amide bonds. The Morgan fingerprint density at radius 2 is 1.92 bits per heavy atom. The second kappa shape index (κ2) is 6.84. The van der Waals surface area contributed by atoms with Crippen LogP contribution in [0.3, 0.4) is 0 Å². The lowest BCUT2D eigenvalue weighted by Crippen LogP contribution is -2.30. The van der Waals surface area contributed by atoms with E-state index in [9.17, 15) is 4.79 Å². The Bertz CT molecular complexity index is 1020. The standard InChI is InChI=1S/C20H19N5O/c1-15(24-14-22-18-5-2-3-6-19(18)24)20(26)21-13-16-7-9-17(10-8-16)25-12-4-11-23-25/h2-12,14-15H,13H2,1H3,(H,21,26)/t15-/m0/s1. The first-order chi connectivity index (χ1) is 12.7. The Balaban J connectivity index is 1.42. The second-order valence-electron chi connectivity index (χ2n) is 6.15. The molecule has 0 aliphatic carbocycles. The number of para-hydroxylation sites is 2. The van der Waals surface area contributed by atoms with Gasteiger partial charge in [-0.2, -0.15) is 5.10 Å². The van der Waals surface area contributed by atoms with E-state index < -0.39 is 0 Å². The SMILES string of the molecule is C[C@@H](C(=O)NCc1ccc(-n2cccn2)cc1)n1cnc2ccccc21. The predicted octanol–water partition coefficient (Wildman–Crippen LogP) is 3.10. The van der Waals surface area contributed by atoms with Crippen molar-refractivity contribution in [2.75, 3.05) is 0 Å². The van der Waals surface area contributed by atoms with E-state index in [1.54, 1.807) is 17.2 Å². The maximum Gasteiger partial charge on any atom is 0.243 e. The zero-order valence-corrected chi connectivity index (χ0v) is 14.4. The summed E-state index contributed by atoms with van der Waals surface area (Å²) in [6.45, 7) is 2.36. The van der Waals surface area contributed by atoms with Crippen LogP contribution in [0.15, 0.2) is 73.3 Å². The monoisotopic (exact) mass is 345 g/mol. The van der Waals surface area contributed by atoms with Gasteiger partial charge in [0.15, 0.2) is 0 Å². The molecule has 130 valence electrons. The molecule has 2 heterocycles. The molecule has 1 N–H and O–H groups in total. The van der Waals surface area contributed by atoms with Crippen LogP contribution in [0.1, 0.15) is 18.5 Å². The number of hydrogen-bond acceptors (Lipinski definition) is 3. The number of aromatic nitrogens is 4. The lowest BCUT2D eigenvalue weighted by Gasteiger charge is -2.15. The summed E-state index contributed by atoms with van der Waals surface area (Å²) in [5, 5.41) is 7.20. The van der Waals surface area contributed by atoms with E-state index in [1.807, 2.05) is 72.3 Å². The van der Waals surface area contributed by atoms with Crippen LogP contribution in [0.4, 0.5) is 0 Å². The van der Waals surface area contributed by atoms with E-state index in [4.69, 9.17) is 0 Å². The minimum atomic E-state index is -0.328. The second-order valence-corrected chi connectivity index (χ2v) is 6.15. The molecule has 0 aliphatic heterocycles. The van der Waals surface area contributed by atoms with E-state index >= 15 is 0 Å². The van der Waals surface area contributed by atoms with Crippen molar-refractivity contribution in [3.63, 3.8) is 0 Å². The number of rotatable bonds is 5. The molecular formula is C20H19N5O. The summed E-state index contributed by atoms with van der Waals surface area (Å²) < 4.78 is 3.69. The van der Waals surface area contributed by atoms with E-state index in [2.05, 4.69) is 15.4 Å². The number of carbonyl (C=O) groups is 1. The lowest BCUT2D eigenvalue weighted by molar-refractivity contribution is -0.123. The van der Waals surface area contributed by atoms with Crippen molar-refractivity contribution < 1.29 is 4.79 Å². The number of hydrogen-bond donors (Lipinski definition) is 1. The Labute approximate surface area is 151 Å². The van der Waals surface area contributed by atoms with Gasteiger partial charge in [0.1, 0.15) is 6.04 Å². The van der Waals surface area contributed by atoms with Gasteiger partial charge in [-0.15, -0.1) is 0 Å². The molecule has 0 saturated carbocycles. The van der Waals surface area contributed by atoms with Crippen LogP contribution in [0, 0.1) is 0 Å². The molecule has 0 fully saturated rings. The summed E-state index contributed by atoms with van der Waals surface area (Å²) in [5.74, 6) is -0.0377. The highest BCUT2D eigenvalue weighted by Crippen LogP contribution is 2.17. The third-order valence-corrected chi connectivity index (χ3v) is 4.45. The van der Waals surface area contributed by atoms with Gasteiger partial charge >= 0.3 is 0 Å². The number of nitrogens with one attached hydrogen (secondary N) is 1. The fourth-order valence-electron chi connectivity index (χ4n) is 2.94. The van der Waals surface area contributed by atoms with Crippen molar-refractivity contribution in [2.24, 2.45) is 0 Å². The number of carbonyl (C=O) groups excluding carboxylic acids is 1. The lowest BCUT2D eigenvalue weighted by atomic mass is 10.2. The molecular weight excluding hydrogens is 326 g/mol. The Morgan fingerprint density at radius 3 is 2.69 bits per heavy atom. The quantitative estimate of drug-likeness (QED) is 0.604. The third kappa shape index (κ3) is 3.09. The van der Waals surface area contributed by atoms with Crippen molar-refractivity contribution in [1.82, 2.24) is 24.6 Å². The first-order valence-electron chi connectivity index (χ1n) is 8.50. The topological polar surface area (TPSA) is 64.7 Å². The molecule has 4 rings (SSSR count). The first kappa shape index (κ1) is 16.1. The van der Waals surface area contributed by atoms with Crippen molar-refractivity contribution in [2.45, 2.75) is 19.5 Å². The highest BCUT2D eigenvalue weighted by molar-refractivity contribution is 5.83. The zero-order chi connectivity index (χ0) is 17.9. The molecule has 6 nitrogen and oxygen atoms in total. The number of benzene rings is 2. The summed E-state index contributed by atoms with van der Waals surface area (Å²) in [4.78, 5) is 16.9. The van der Waals surface area contributed by atoms with E-state index in [1.165, 1.54) is 0 Å². The van der Waals surface area contributed by atoms with Crippen LogP contribution in [0.25, 0.3) is 16.7 Å². The number of amides is 1. The molecule has 26 heavy (non-hydrogen) atoms. The molecule has 0 unspecified atom stereocenters.